The van der Waals surface area contributed by atoms with Gasteiger partial charge < -0.3 is 14.4 Å². The number of halogens is 1. The van der Waals surface area contributed by atoms with Crippen LogP contribution in [-0.4, -0.2) is 58.3 Å². The number of amides is 1. The van der Waals surface area contributed by atoms with Crippen molar-refractivity contribution in [3.05, 3.63) is 69.8 Å². The zero-order valence-corrected chi connectivity index (χ0v) is 20.0. The minimum absolute atomic E-state index is 0.0123. The van der Waals surface area contributed by atoms with E-state index in [9.17, 15) is 4.79 Å². The Morgan fingerprint density at radius 3 is 2.76 bits per heavy atom. The highest BCUT2D eigenvalue weighted by atomic mass is 35.5. The lowest BCUT2D eigenvalue weighted by Crippen LogP contribution is -2.39. The summed E-state index contributed by atoms with van der Waals surface area (Å²) in [7, 11) is 0. The normalized spacial score (nSPS) is 19.3. The minimum Gasteiger partial charge on any atom is -0.487 e. The number of thioether (sulfide) groups is 1. The van der Waals surface area contributed by atoms with Gasteiger partial charge in [0.05, 0.1) is 23.8 Å². The Bertz CT molecular complexity index is 1250. The van der Waals surface area contributed by atoms with Gasteiger partial charge in [0, 0.05) is 13.1 Å². The van der Waals surface area contributed by atoms with Crippen molar-refractivity contribution >= 4 is 51.5 Å². The van der Waals surface area contributed by atoms with Crippen LogP contribution in [0.3, 0.4) is 0 Å². The van der Waals surface area contributed by atoms with E-state index in [1.54, 1.807) is 24.3 Å². The highest BCUT2D eigenvalue weighted by Gasteiger charge is 2.37. The molecule has 1 amide bonds. The second-order valence-electron chi connectivity index (χ2n) is 7.91. The van der Waals surface area contributed by atoms with E-state index in [0.29, 0.717) is 54.4 Å². The molecule has 0 spiro atoms. The molecular weight excluding hydrogens is 474 g/mol. The number of carbonyl (C=O) groups is 1. The van der Waals surface area contributed by atoms with Crippen LogP contribution >= 0.6 is 23.4 Å². The molecule has 10 heteroatoms. The van der Waals surface area contributed by atoms with E-state index in [1.165, 1.54) is 16.8 Å². The Hall–Kier alpha value is -3.14. The summed E-state index contributed by atoms with van der Waals surface area (Å²) in [5.41, 5.74) is 3.05. The van der Waals surface area contributed by atoms with Gasteiger partial charge in [0.2, 0.25) is 5.17 Å². The molecule has 1 fully saturated rings. The first-order valence-electron chi connectivity index (χ1n) is 10.8. The largest absolute Gasteiger partial charge is 0.487 e. The molecule has 0 atom stereocenters. The number of hydrogen-bond acceptors (Lipinski definition) is 7. The molecule has 1 N–H and O–H groups in total. The lowest BCUT2D eigenvalue weighted by Gasteiger charge is -2.26. The first kappa shape index (κ1) is 22.6. The number of aryl methyl sites for hydroxylation is 1. The Labute approximate surface area is 206 Å². The van der Waals surface area contributed by atoms with Crippen molar-refractivity contribution in [2.45, 2.75) is 13.5 Å². The van der Waals surface area contributed by atoms with E-state index >= 15 is 0 Å². The van der Waals surface area contributed by atoms with Crippen molar-refractivity contribution in [1.82, 2.24) is 9.91 Å². The fourth-order valence-electron chi connectivity index (χ4n) is 3.68. The summed E-state index contributed by atoms with van der Waals surface area (Å²) < 4.78 is 11.3. The molecule has 1 saturated heterocycles. The molecule has 2 aromatic carbocycles. The van der Waals surface area contributed by atoms with Gasteiger partial charge >= 0.3 is 0 Å². The lowest BCUT2D eigenvalue weighted by molar-refractivity contribution is -0.114. The zero-order chi connectivity index (χ0) is 23.7. The number of nitrogens with one attached hydrogen (secondary N) is 1. The molecule has 3 aliphatic rings. The molecular formula is C24H22ClN5O3S. The molecule has 0 bridgehead atoms. The van der Waals surface area contributed by atoms with E-state index in [1.807, 2.05) is 31.2 Å². The Kier molecular flexibility index (Phi) is 6.40. The van der Waals surface area contributed by atoms with E-state index in [2.05, 4.69) is 15.0 Å². The first-order chi connectivity index (χ1) is 16.5. The molecule has 0 aliphatic carbocycles. The summed E-state index contributed by atoms with van der Waals surface area (Å²) >= 11 is 7.74. The molecule has 3 aliphatic heterocycles. The highest BCUT2D eigenvalue weighted by Crippen LogP contribution is 2.31. The first-order valence-corrected chi connectivity index (χ1v) is 12.0. The molecule has 8 nitrogen and oxygen atoms in total. The number of aliphatic imine (C=N–C) groups is 1. The maximum absolute atomic E-state index is 12.7. The predicted molar refractivity (Wildman–Crippen MR) is 134 cm³/mol. The summed E-state index contributed by atoms with van der Waals surface area (Å²) in [6.45, 7) is 5.12. The summed E-state index contributed by atoms with van der Waals surface area (Å²) in [6, 6.07) is 13.3. The van der Waals surface area contributed by atoms with Gasteiger partial charge in [0.25, 0.3) is 5.91 Å². The number of fused-ring (bicyclic) bond motifs is 1. The van der Waals surface area contributed by atoms with Crippen molar-refractivity contribution in [2.24, 2.45) is 10.1 Å². The Morgan fingerprint density at radius 1 is 1.21 bits per heavy atom. The molecule has 3 heterocycles. The van der Waals surface area contributed by atoms with Crippen molar-refractivity contribution in [2.75, 3.05) is 26.3 Å². The van der Waals surface area contributed by atoms with Crippen LogP contribution in [0.5, 0.6) is 5.75 Å². The number of amidine groups is 3. The number of nitrogens with zero attached hydrogens (tertiary/aromatic N) is 4. The average Bonchev–Trinajstić information content (AvgIpc) is 3.27. The van der Waals surface area contributed by atoms with E-state index in [0.717, 1.165) is 16.3 Å². The van der Waals surface area contributed by atoms with Gasteiger partial charge in [0.15, 0.2) is 11.0 Å². The number of carbonyl (C=O) groups excluding carboxylic acids is 1. The molecule has 0 aromatic heterocycles. The van der Waals surface area contributed by atoms with Gasteiger partial charge in [-0.05, 0) is 53.6 Å². The van der Waals surface area contributed by atoms with Crippen molar-refractivity contribution in [1.29, 1.82) is 5.41 Å². The number of hydrazone groups is 1. The number of rotatable bonds is 4. The summed E-state index contributed by atoms with van der Waals surface area (Å²) in [6.07, 6.45) is 1.61. The SMILES string of the molecule is Cc1ccccc1COc1ccc(/C=C2\C(=N)N3N=C(N4CCOCC4)SC3=NC2=O)cc1Cl. The van der Waals surface area contributed by atoms with E-state index in [-0.39, 0.29) is 11.4 Å². The van der Waals surface area contributed by atoms with Crippen molar-refractivity contribution in [3.8, 4) is 5.75 Å². The lowest BCUT2D eigenvalue weighted by atomic mass is 10.1. The highest BCUT2D eigenvalue weighted by molar-refractivity contribution is 8.26. The standard InChI is InChI=1S/C24H22ClN5O3S/c1-15-4-2-3-5-17(15)14-33-20-7-6-16(13-19(20)25)12-18-21(26)30-23(27-22(18)31)34-24(28-30)29-8-10-32-11-9-29/h2-7,12-13,26H,8-11,14H2,1H3/b18-12+,26-21?. The summed E-state index contributed by atoms with van der Waals surface area (Å²) in [5, 5.41) is 16.0. The van der Waals surface area contributed by atoms with Crippen LogP contribution < -0.4 is 4.74 Å². The third-order valence-corrected chi connectivity index (χ3v) is 6.90. The molecule has 0 saturated carbocycles. The van der Waals surface area contributed by atoms with Crippen LogP contribution in [0, 0.1) is 12.3 Å². The smallest absolute Gasteiger partial charge is 0.283 e. The zero-order valence-electron chi connectivity index (χ0n) is 18.5. The van der Waals surface area contributed by atoms with Crippen LogP contribution in [0.2, 0.25) is 5.02 Å². The molecule has 34 heavy (non-hydrogen) atoms. The fourth-order valence-corrected chi connectivity index (χ4v) is 4.87. The quantitative estimate of drug-likeness (QED) is 0.641. The minimum atomic E-state index is -0.474. The second-order valence-corrected chi connectivity index (χ2v) is 9.25. The Balaban J connectivity index is 1.33. The second kappa shape index (κ2) is 9.61. The summed E-state index contributed by atoms with van der Waals surface area (Å²) in [4.78, 5) is 18.9. The van der Waals surface area contributed by atoms with E-state index < -0.39 is 5.91 Å². The monoisotopic (exact) mass is 495 g/mol. The molecule has 0 unspecified atom stereocenters. The predicted octanol–water partition coefficient (Wildman–Crippen LogP) is 4.14. The third-order valence-electron chi connectivity index (χ3n) is 5.64. The van der Waals surface area contributed by atoms with Crippen LogP contribution in [0.4, 0.5) is 0 Å². The average molecular weight is 496 g/mol. The van der Waals surface area contributed by atoms with Crippen LogP contribution in [0.25, 0.3) is 6.08 Å². The number of ether oxygens (including phenoxy) is 2. The topological polar surface area (TPSA) is 90.6 Å². The molecule has 174 valence electrons. The fraction of sp³-hybridized carbons (Fsp3) is 0.250. The maximum atomic E-state index is 12.7. The van der Waals surface area contributed by atoms with Gasteiger partial charge in [-0.1, -0.05) is 41.9 Å². The van der Waals surface area contributed by atoms with Gasteiger partial charge in [-0.25, -0.2) is 0 Å². The maximum Gasteiger partial charge on any atom is 0.283 e. The van der Waals surface area contributed by atoms with Crippen LogP contribution in [-0.2, 0) is 16.1 Å². The molecule has 0 radical (unpaired) electrons. The van der Waals surface area contributed by atoms with Crippen LogP contribution in [0.1, 0.15) is 16.7 Å². The van der Waals surface area contributed by atoms with Gasteiger partial charge in [0.1, 0.15) is 12.4 Å². The summed E-state index contributed by atoms with van der Waals surface area (Å²) in [5.74, 6) is 0.0630. The van der Waals surface area contributed by atoms with E-state index in [4.69, 9.17) is 26.5 Å². The molecule has 5 rings (SSSR count). The van der Waals surface area contributed by atoms with Gasteiger partial charge in [-0.2, -0.15) is 10.0 Å². The molecule has 2 aromatic rings. The van der Waals surface area contributed by atoms with Crippen molar-refractivity contribution < 1.29 is 14.3 Å². The number of morpholine rings is 1. The third kappa shape index (κ3) is 4.59. The van der Waals surface area contributed by atoms with Gasteiger partial charge in [-0.3, -0.25) is 10.2 Å². The van der Waals surface area contributed by atoms with Crippen LogP contribution in [0.15, 0.2) is 58.1 Å². The van der Waals surface area contributed by atoms with Gasteiger partial charge in [-0.15, -0.1) is 5.10 Å². The van der Waals surface area contributed by atoms with Crippen molar-refractivity contribution in [3.63, 3.8) is 0 Å². The number of benzene rings is 2. The Morgan fingerprint density at radius 2 is 2.00 bits per heavy atom. The number of hydrogen-bond donors (Lipinski definition) is 1.